The van der Waals surface area contributed by atoms with Gasteiger partial charge in [-0.05, 0) is 29.8 Å². The monoisotopic (exact) mass is 492 g/mol. The van der Waals surface area contributed by atoms with Crippen molar-refractivity contribution in [3.8, 4) is 0 Å². The highest BCUT2D eigenvalue weighted by molar-refractivity contribution is 6.35. The van der Waals surface area contributed by atoms with Gasteiger partial charge in [-0.15, -0.1) is 0 Å². The molecule has 1 atom stereocenters. The SMILES string of the molecule is COC(=O)c1[nH]c2ccccc2c1C(c1ccc(Cl)cc1Cl)c1c(C(=O)O)[nH]c2ccccc12. The molecule has 0 spiro atoms. The lowest BCUT2D eigenvalue weighted by Gasteiger charge is -2.21. The van der Waals surface area contributed by atoms with Crippen molar-refractivity contribution in [1.29, 1.82) is 0 Å². The fraction of sp³-hybridized carbons (Fsp3) is 0.0769. The minimum Gasteiger partial charge on any atom is -0.477 e. The van der Waals surface area contributed by atoms with Crippen molar-refractivity contribution >= 4 is 56.9 Å². The van der Waals surface area contributed by atoms with Gasteiger partial charge in [0, 0.05) is 48.9 Å². The van der Waals surface area contributed by atoms with E-state index >= 15 is 0 Å². The van der Waals surface area contributed by atoms with Crippen LogP contribution in [0.3, 0.4) is 0 Å². The highest BCUT2D eigenvalue weighted by atomic mass is 35.5. The number of nitrogens with one attached hydrogen (secondary N) is 2. The molecule has 0 aliphatic heterocycles. The Bertz CT molecular complexity index is 1580. The summed E-state index contributed by atoms with van der Waals surface area (Å²) in [4.78, 5) is 31.5. The number of aromatic carboxylic acids is 1. The Labute approximate surface area is 204 Å². The van der Waals surface area contributed by atoms with Crippen LogP contribution >= 0.6 is 23.2 Å². The smallest absolute Gasteiger partial charge is 0.354 e. The van der Waals surface area contributed by atoms with Crippen molar-refractivity contribution in [3.63, 3.8) is 0 Å². The largest absolute Gasteiger partial charge is 0.477 e. The summed E-state index contributed by atoms with van der Waals surface area (Å²) in [6, 6.07) is 19.8. The van der Waals surface area contributed by atoms with Crippen LogP contribution in [-0.2, 0) is 4.74 Å². The Morgan fingerprint density at radius 2 is 1.41 bits per heavy atom. The molecule has 0 fully saturated rings. The van der Waals surface area contributed by atoms with Crippen molar-refractivity contribution in [2.24, 2.45) is 0 Å². The average Bonchev–Trinajstić information content (AvgIpc) is 3.40. The maximum atomic E-state index is 12.9. The first-order valence-electron chi connectivity index (χ1n) is 10.4. The first-order valence-corrected chi connectivity index (χ1v) is 11.1. The van der Waals surface area contributed by atoms with Crippen LogP contribution in [-0.4, -0.2) is 34.1 Å². The van der Waals surface area contributed by atoms with Gasteiger partial charge in [0.25, 0.3) is 0 Å². The summed E-state index contributed by atoms with van der Waals surface area (Å²) in [5.74, 6) is -2.42. The summed E-state index contributed by atoms with van der Waals surface area (Å²) in [6.45, 7) is 0. The van der Waals surface area contributed by atoms with Gasteiger partial charge in [0.2, 0.25) is 0 Å². The molecule has 3 N–H and O–H groups in total. The molecule has 2 aromatic heterocycles. The molecule has 170 valence electrons. The number of esters is 1. The third-order valence-corrected chi connectivity index (χ3v) is 6.51. The zero-order valence-corrected chi connectivity index (χ0v) is 19.4. The molecule has 5 rings (SSSR count). The molecule has 6 nitrogen and oxygen atoms in total. The lowest BCUT2D eigenvalue weighted by atomic mass is 9.81. The Kier molecular flexibility index (Phi) is 5.55. The minimum absolute atomic E-state index is 0.0123. The van der Waals surface area contributed by atoms with E-state index in [1.165, 1.54) is 7.11 Å². The van der Waals surface area contributed by atoms with Crippen LogP contribution in [0.25, 0.3) is 21.8 Å². The third-order valence-electron chi connectivity index (χ3n) is 5.95. The first kappa shape index (κ1) is 22.1. The number of rotatable bonds is 5. The highest BCUT2D eigenvalue weighted by Crippen LogP contribution is 2.45. The molecule has 0 aliphatic rings. The van der Waals surface area contributed by atoms with E-state index in [1.807, 2.05) is 48.5 Å². The summed E-state index contributed by atoms with van der Waals surface area (Å²) >= 11 is 12.9. The van der Waals surface area contributed by atoms with Crippen molar-refractivity contribution in [3.05, 3.63) is 105 Å². The predicted octanol–water partition coefficient (Wildman–Crippen LogP) is 6.62. The van der Waals surface area contributed by atoms with Gasteiger partial charge in [0.05, 0.1) is 7.11 Å². The Balaban J connectivity index is 1.96. The number of carbonyl (C=O) groups excluding carboxylic acids is 1. The van der Waals surface area contributed by atoms with E-state index in [2.05, 4.69) is 9.97 Å². The summed E-state index contributed by atoms with van der Waals surface area (Å²) in [7, 11) is 1.30. The molecule has 3 aromatic carbocycles. The predicted molar refractivity (Wildman–Crippen MR) is 132 cm³/mol. The number of methoxy groups -OCH3 is 1. The van der Waals surface area contributed by atoms with Gasteiger partial charge in [-0.1, -0.05) is 65.7 Å². The summed E-state index contributed by atoms with van der Waals surface area (Å²) < 4.78 is 5.08. The highest BCUT2D eigenvalue weighted by Gasteiger charge is 2.34. The van der Waals surface area contributed by atoms with Crippen LogP contribution in [0, 0.1) is 0 Å². The second kappa shape index (κ2) is 8.56. The quantitative estimate of drug-likeness (QED) is 0.240. The van der Waals surface area contributed by atoms with Crippen molar-refractivity contribution < 1.29 is 19.4 Å². The molecule has 34 heavy (non-hydrogen) atoms. The van der Waals surface area contributed by atoms with E-state index < -0.39 is 17.9 Å². The molecular formula is C26H18Cl2N2O4. The van der Waals surface area contributed by atoms with Crippen molar-refractivity contribution in [2.75, 3.05) is 7.11 Å². The van der Waals surface area contributed by atoms with E-state index in [4.69, 9.17) is 27.9 Å². The summed E-state index contributed by atoms with van der Waals surface area (Å²) in [5, 5.41) is 12.4. The van der Waals surface area contributed by atoms with Crippen LogP contribution in [0.2, 0.25) is 10.0 Å². The number of para-hydroxylation sites is 2. The topological polar surface area (TPSA) is 95.2 Å². The normalized spacial score (nSPS) is 12.2. The molecule has 8 heteroatoms. The maximum absolute atomic E-state index is 12.9. The number of hydrogen-bond donors (Lipinski definition) is 3. The molecule has 5 aromatic rings. The van der Waals surface area contributed by atoms with Crippen LogP contribution in [0.5, 0.6) is 0 Å². The van der Waals surface area contributed by atoms with E-state index in [1.54, 1.807) is 18.2 Å². The van der Waals surface area contributed by atoms with Gasteiger partial charge in [-0.25, -0.2) is 9.59 Å². The second-order valence-corrected chi connectivity index (χ2v) is 8.66. The van der Waals surface area contributed by atoms with Gasteiger partial charge in [-0.2, -0.15) is 0 Å². The first-order chi connectivity index (χ1) is 16.4. The number of aromatic amines is 2. The van der Waals surface area contributed by atoms with Gasteiger partial charge in [-0.3, -0.25) is 0 Å². The molecule has 2 heterocycles. The van der Waals surface area contributed by atoms with Gasteiger partial charge in [0.15, 0.2) is 0 Å². The maximum Gasteiger partial charge on any atom is 0.354 e. The number of ether oxygens (including phenoxy) is 1. The van der Waals surface area contributed by atoms with Gasteiger partial charge >= 0.3 is 11.9 Å². The Morgan fingerprint density at radius 1 is 0.853 bits per heavy atom. The molecule has 0 bridgehead atoms. The lowest BCUT2D eigenvalue weighted by Crippen LogP contribution is -2.14. The van der Waals surface area contributed by atoms with Crippen LogP contribution < -0.4 is 0 Å². The molecule has 0 amide bonds. The number of carbonyl (C=O) groups is 2. The molecule has 0 saturated carbocycles. The number of carboxylic acids is 1. The van der Waals surface area contributed by atoms with Gasteiger partial charge in [0.1, 0.15) is 11.4 Å². The van der Waals surface area contributed by atoms with E-state index in [9.17, 15) is 14.7 Å². The fourth-order valence-corrected chi connectivity index (χ4v) is 5.07. The average molecular weight is 493 g/mol. The summed E-state index contributed by atoms with van der Waals surface area (Å²) in [5.41, 5.74) is 3.27. The van der Waals surface area contributed by atoms with E-state index in [0.717, 1.165) is 5.39 Å². The number of halogens is 2. The fourth-order valence-electron chi connectivity index (χ4n) is 4.55. The Morgan fingerprint density at radius 3 is 1.97 bits per heavy atom. The van der Waals surface area contributed by atoms with Gasteiger partial charge < -0.3 is 19.8 Å². The van der Waals surface area contributed by atoms with Crippen LogP contribution in [0.4, 0.5) is 0 Å². The zero-order valence-electron chi connectivity index (χ0n) is 17.9. The second-order valence-electron chi connectivity index (χ2n) is 7.81. The lowest BCUT2D eigenvalue weighted by molar-refractivity contribution is 0.0593. The van der Waals surface area contributed by atoms with Crippen molar-refractivity contribution in [1.82, 2.24) is 9.97 Å². The van der Waals surface area contributed by atoms with Crippen molar-refractivity contribution in [2.45, 2.75) is 5.92 Å². The van der Waals surface area contributed by atoms with Crippen LogP contribution in [0.15, 0.2) is 66.7 Å². The molecule has 0 aliphatic carbocycles. The number of fused-ring (bicyclic) bond motifs is 2. The van der Waals surface area contributed by atoms with Crippen LogP contribution in [0.1, 0.15) is 43.6 Å². The molecule has 1 unspecified atom stereocenters. The number of aromatic nitrogens is 2. The zero-order chi connectivity index (χ0) is 24.0. The number of benzene rings is 3. The minimum atomic E-state index is -1.12. The Hall–Kier alpha value is -3.74. The van der Waals surface area contributed by atoms with E-state index in [0.29, 0.717) is 43.2 Å². The molecular weight excluding hydrogens is 475 g/mol. The summed E-state index contributed by atoms with van der Waals surface area (Å²) in [6.07, 6.45) is 0. The van der Waals surface area contributed by atoms with E-state index in [-0.39, 0.29) is 11.4 Å². The number of hydrogen-bond acceptors (Lipinski definition) is 3. The standard InChI is InChI=1S/C26H18Cl2N2O4/c1-34-26(33)24-22(16-7-3-5-9-19(16)30-24)20(14-11-10-13(27)12-17(14)28)21-15-6-2-4-8-18(15)29-23(21)25(31)32/h2-12,20,29-30H,1H3,(H,31,32). The number of carboxylic acid groups (broad SMARTS) is 1. The number of H-pyrrole nitrogens is 2. The molecule has 0 saturated heterocycles. The molecule has 0 radical (unpaired) electrons. The third kappa shape index (κ3) is 3.52.